The summed E-state index contributed by atoms with van der Waals surface area (Å²) in [5.74, 6) is 1.10. The molecule has 0 aliphatic carbocycles. The molecule has 0 saturated heterocycles. The number of hydrogen-bond donors (Lipinski definition) is 2. The molecule has 2 N–H and O–H groups in total. The van der Waals surface area contributed by atoms with E-state index in [4.69, 9.17) is 4.74 Å². The highest BCUT2D eigenvalue weighted by Gasteiger charge is 2.10. The lowest BCUT2D eigenvalue weighted by atomic mass is 10.1. The minimum atomic E-state index is -0.300. The first-order chi connectivity index (χ1) is 16.1. The van der Waals surface area contributed by atoms with Crippen LogP contribution in [0.4, 0.5) is 11.5 Å². The second kappa shape index (κ2) is 9.74. The summed E-state index contributed by atoms with van der Waals surface area (Å²) in [6, 6.07) is 17.7. The molecule has 0 radical (unpaired) electrons. The Hall–Kier alpha value is -4.52. The number of benzene rings is 2. The van der Waals surface area contributed by atoms with Crippen LogP contribution in [0.1, 0.15) is 22.8 Å². The van der Waals surface area contributed by atoms with Gasteiger partial charge in [-0.25, -0.2) is 4.98 Å². The van der Waals surface area contributed by atoms with E-state index in [1.165, 1.54) is 6.08 Å². The van der Waals surface area contributed by atoms with Crippen LogP contribution in [-0.2, 0) is 11.2 Å². The van der Waals surface area contributed by atoms with Crippen LogP contribution in [0.2, 0.25) is 0 Å². The van der Waals surface area contributed by atoms with Gasteiger partial charge in [-0.05, 0) is 78.7 Å². The molecule has 2 aromatic heterocycles. The van der Waals surface area contributed by atoms with Crippen LogP contribution in [0, 0.1) is 0 Å². The first-order valence-corrected chi connectivity index (χ1v) is 10.4. The maximum atomic E-state index is 12.6. The van der Waals surface area contributed by atoms with Gasteiger partial charge in [-0.15, -0.1) is 0 Å². The largest absolute Gasteiger partial charge is 0.457 e. The van der Waals surface area contributed by atoms with Crippen molar-refractivity contribution in [3.63, 3.8) is 0 Å². The number of amides is 2. The van der Waals surface area contributed by atoms with Crippen molar-refractivity contribution in [2.75, 3.05) is 10.6 Å². The summed E-state index contributed by atoms with van der Waals surface area (Å²) in [6.07, 6.45) is 5.40. The van der Waals surface area contributed by atoms with Gasteiger partial charge in [-0.3, -0.25) is 14.6 Å². The molecule has 0 spiro atoms. The topological polar surface area (TPSA) is 93.2 Å². The minimum Gasteiger partial charge on any atom is -0.457 e. The molecule has 2 aromatic carbocycles. The number of aromatic nitrogens is 2. The number of carbonyl (C=O) groups is 2. The van der Waals surface area contributed by atoms with E-state index in [2.05, 4.69) is 27.2 Å². The average molecular weight is 438 g/mol. The number of rotatable bonds is 7. The molecule has 33 heavy (non-hydrogen) atoms. The number of fused-ring (bicyclic) bond motifs is 1. The zero-order valence-corrected chi connectivity index (χ0v) is 18.0. The highest BCUT2D eigenvalue weighted by molar-refractivity contribution is 6.04. The molecule has 4 aromatic rings. The smallest absolute Gasteiger partial charge is 0.256 e. The molecule has 4 rings (SSSR count). The van der Waals surface area contributed by atoms with Crippen molar-refractivity contribution in [3.8, 4) is 11.5 Å². The normalized spacial score (nSPS) is 10.5. The fraction of sp³-hybridized carbons (Fsp3) is 0.0769. The Bertz CT molecular complexity index is 1330. The number of anilines is 2. The van der Waals surface area contributed by atoms with Crippen molar-refractivity contribution >= 4 is 34.2 Å². The lowest BCUT2D eigenvalue weighted by molar-refractivity contribution is -0.111. The van der Waals surface area contributed by atoms with Gasteiger partial charge in [0.1, 0.15) is 17.3 Å². The van der Waals surface area contributed by atoms with Crippen LogP contribution in [0.5, 0.6) is 11.5 Å². The maximum absolute atomic E-state index is 12.6. The standard InChI is InChI=1S/C26H22N4O3/c1-3-17-11-13-28-24(15-17)30-26(32)18-5-8-20(9-6-18)33-23-12-14-27-22-10-7-19(16-21(22)23)29-25(31)4-2/h4-16H,2-3H2,1H3,(H,29,31)(H,28,30,32). The van der Waals surface area contributed by atoms with Crippen molar-refractivity contribution in [3.05, 3.63) is 96.8 Å². The van der Waals surface area contributed by atoms with Gasteiger partial charge in [-0.2, -0.15) is 0 Å². The lowest BCUT2D eigenvalue weighted by Gasteiger charge is -2.11. The molecule has 0 aliphatic heterocycles. The predicted molar refractivity (Wildman–Crippen MR) is 129 cm³/mol. The van der Waals surface area contributed by atoms with Crippen LogP contribution < -0.4 is 15.4 Å². The summed E-state index contributed by atoms with van der Waals surface area (Å²) in [6.45, 7) is 5.51. The van der Waals surface area contributed by atoms with Crippen molar-refractivity contribution < 1.29 is 14.3 Å². The quantitative estimate of drug-likeness (QED) is 0.379. The molecular weight excluding hydrogens is 416 g/mol. The third-order valence-corrected chi connectivity index (χ3v) is 4.97. The van der Waals surface area contributed by atoms with Crippen LogP contribution in [0.15, 0.2) is 85.7 Å². The SMILES string of the molecule is C=CC(=O)Nc1ccc2nccc(Oc3ccc(C(=O)Nc4cc(CC)ccn4)cc3)c2c1. The van der Waals surface area contributed by atoms with Crippen LogP contribution in [0.3, 0.4) is 0 Å². The third kappa shape index (κ3) is 5.22. The van der Waals surface area contributed by atoms with Crippen molar-refractivity contribution in [2.45, 2.75) is 13.3 Å². The lowest BCUT2D eigenvalue weighted by Crippen LogP contribution is -2.12. The summed E-state index contributed by atoms with van der Waals surface area (Å²) < 4.78 is 6.04. The van der Waals surface area contributed by atoms with Gasteiger partial charge < -0.3 is 15.4 Å². The van der Waals surface area contributed by atoms with E-state index in [-0.39, 0.29) is 11.8 Å². The number of aryl methyl sites for hydroxylation is 1. The number of carbonyl (C=O) groups excluding carboxylic acids is 2. The van der Waals surface area contributed by atoms with E-state index in [0.29, 0.717) is 28.6 Å². The van der Waals surface area contributed by atoms with Gasteiger partial charge in [0, 0.05) is 29.0 Å². The Morgan fingerprint density at radius 3 is 2.52 bits per heavy atom. The maximum Gasteiger partial charge on any atom is 0.256 e. The Morgan fingerprint density at radius 2 is 1.76 bits per heavy atom. The van der Waals surface area contributed by atoms with Crippen molar-refractivity contribution in [1.29, 1.82) is 0 Å². The van der Waals surface area contributed by atoms with Gasteiger partial charge in [-0.1, -0.05) is 13.5 Å². The third-order valence-electron chi connectivity index (χ3n) is 4.97. The molecule has 0 saturated carbocycles. The monoisotopic (exact) mass is 438 g/mol. The van der Waals surface area contributed by atoms with Crippen LogP contribution >= 0.6 is 0 Å². The summed E-state index contributed by atoms with van der Waals surface area (Å²) in [4.78, 5) is 32.7. The number of ether oxygens (including phenoxy) is 1. The summed E-state index contributed by atoms with van der Waals surface area (Å²) in [7, 11) is 0. The van der Waals surface area contributed by atoms with E-state index in [1.54, 1.807) is 60.9 Å². The molecule has 0 bridgehead atoms. The Labute approximate surface area is 191 Å². The van der Waals surface area contributed by atoms with E-state index in [0.717, 1.165) is 22.9 Å². The molecule has 7 nitrogen and oxygen atoms in total. The second-order valence-corrected chi connectivity index (χ2v) is 7.22. The van der Waals surface area contributed by atoms with E-state index in [1.807, 2.05) is 19.1 Å². The number of pyridine rings is 2. The average Bonchev–Trinajstić information content (AvgIpc) is 2.85. The van der Waals surface area contributed by atoms with Crippen molar-refractivity contribution in [1.82, 2.24) is 9.97 Å². The summed E-state index contributed by atoms with van der Waals surface area (Å²) >= 11 is 0. The first-order valence-electron chi connectivity index (χ1n) is 10.4. The molecule has 7 heteroatoms. The Balaban J connectivity index is 1.51. The Kier molecular flexibility index (Phi) is 6.40. The van der Waals surface area contributed by atoms with E-state index >= 15 is 0 Å². The summed E-state index contributed by atoms with van der Waals surface area (Å²) in [5.41, 5.74) is 2.92. The molecule has 0 aliphatic rings. The molecule has 0 fully saturated rings. The fourth-order valence-corrected chi connectivity index (χ4v) is 3.23. The number of hydrogen-bond acceptors (Lipinski definition) is 5. The van der Waals surface area contributed by atoms with E-state index < -0.39 is 0 Å². The molecular formula is C26H22N4O3. The second-order valence-electron chi connectivity index (χ2n) is 7.22. The van der Waals surface area contributed by atoms with Gasteiger partial charge >= 0.3 is 0 Å². The van der Waals surface area contributed by atoms with Crippen molar-refractivity contribution in [2.24, 2.45) is 0 Å². The van der Waals surface area contributed by atoms with Gasteiger partial charge in [0.25, 0.3) is 5.91 Å². The summed E-state index contributed by atoms with van der Waals surface area (Å²) in [5, 5.41) is 6.28. The molecule has 0 atom stereocenters. The number of nitrogens with zero attached hydrogens (tertiary/aromatic N) is 2. The molecule has 2 amide bonds. The van der Waals surface area contributed by atoms with Crippen LogP contribution in [0.25, 0.3) is 10.9 Å². The molecule has 2 heterocycles. The Morgan fingerprint density at radius 1 is 0.970 bits per heavy atom. The minimum absolute atomic E-state index is 0.251. The van der Waals surface area contributed by atoms with Gasteiger partial charge in [0.05, 0.1) is 5.52 Å². The van der Waals surface area contributed by atoms with E-state index in [9.17, 15) is 9.59 Å². The van der Waals surface area contributed by atoms with Crippen LogP contribution in [-0.4, -0.2) is 21.8 Å². The highest BCUT2D eigenvalue weighted by Crippen LogP contribution is 2.31. The zero-order valence-electron chi connectivity index (χ0n) is 18.0. The van der Waals surface area contributed by atoms with Gasteiger partial charge in [0.2, 0.25) is 5.91 Å². The first kappa shape index (κ1) is 21.7. The zero-order chi connectivity index (χ0) is 23.2. The molecule has 164 valence electrons. The highest BCUT2D eigenvalue weighted by atomic mass is 16.5. The fourth-order valence-electron chi connectivity index (χ4n) is 3.23. The number of nitrogens with one attached hydrogen (secondary N) is 2. The predicted octanol–water partition coefficient (Wildman–Crippen LogP) is 5.36. The molecule has 0 unspecified atom stereocenters. The van der Waals surface area contributed by atoms with Gasteiger partial charge in [0.15, 0.2) is 0 Å².